The van der Waals surface area contributed by atoms with E-state index in [9.17, 15) is 4.39 Å². The van der Waals surface area contributed by atoms with Crippen LogP contribution in [0.25, 0.3) is 0 Å². The van der Waals surface area contributed by atoms with Crippen LogP contribution in [0.15, 0.2) is 12.3 Å². The Hall–Kier alpha value is -1.20. The number of aromatic nitrogens is 1. The van der Waals surface area contributed by atoms with E-state index in [1.807, 2.05) is 7.05 Å². The van der Waals surface area contributed by atoms with Crippen molar-refractivity contribution in [3.63, 3.8) is 0 Å². The Morgan fingerprint density at radius 2 is 2.42 bits per heavy atom. The van der Waals surface area contributed by atoms with E-state index >= 15 is 0 Å². The van der Waals surface area contributed by atoms with Crippen molar-refractivity contribution >= 4 is 5.82 Å². The fourth-order valence-electron chi connectivity index (χ4n) is 2.32. The van der Waals surface area contributed by atoms with Crippen molar-refractivity contribution in [1.29, 1.82) is 0 Å². The number of anilines is 1. The van der Waals surface area contributed by atoms with Gasteiger partial charge in [-0.05, 0) is 25.5 Å². The summed E-state index contributed by atoms with van der Waals surface area (Å²) >= 11 is 0. The van der Waals surface area contributed by atoms with Crippen LogP contribution in [-0.2, 0) is 11.3 Å². The molecule has 1 saturated heterocycles. The molecule has 1 unspecified atom stereocenters. The number of nitrogens with one attached hydrogen (secondary N) is 1. The maximum atomic E-state index is 13.4. The number of hydrogen-bond acceptors (Lipinski definition) is 4. The lowest BCUT2D eigenvalue weighted by atomic mass is 10.2. The summed E-state index contributed by atoms with van der Waals surface area (Å²) in [7, 11) is 2.00. The minimum atomic E-state index is -0.284. The van der Waals surface area contributed by atoms with E-state index in [1.54, 1.807) is 6.07 Å². The summed E-state index contributed by atoms with van der Waals surface area (Å²) in [6.07, 6.45) is 3.34. The number of likely N-dealkylation sites (N-methyl/N-ethyl adjacent to an activating group) is 1. The van der Waals surface area contributed by atoms with Gasteiger partial charge in [0.25, 0.3) is 0 Å². The van der Waals surface area contributed by atoms with Gasteiger partial charge in [-0.1, -0.05) is 6.92 Å². The number of ether oxygens (including phenoxy) is 1. The second-order valence-electron chi connectivity index (χ2n) is 4.94. The average molecular weight is 267 g/mol. The van der Waals surface area contributed by atoms with Crippen molar-refractivity contribution in [3.05, 3.63) is 23.6 Å². The molecule has 0 aliphatic carbocycles. The Kier molecular flexibility index (Phi) is 5.10. The average Bonchev–Trinajstić information content (AvgIpc) is 2.92. The van der Waals surface area contributed by atoms with E-state index in [1.165, 1.54) is 6.20 Å². The van der Waals surface area contributed by atoms with Crippen LogP contribution < -0.4 is 10.2 Å². The molecule has 106 valence electrons. The maximum Gasteiger partial charge on any atom is 0.141 e. The highest BCUT2D eigenvalue weighted by Gasteiger charge is 2.23. The summed E-state index contributed by atoms with van der Waals surface area (Å²) in [6.45, 7) is 5.19. The minimum Gasteiger partial charge on any atom is -0.379 e. The Morgan fingerprint density at radius 3 is 3.11 bits per heavy atom. The van der Waals surface area contributed by atoms with Crippen LogP contribution in [0.4, 0.5) is 10.2 Å². The molecule has 2 rings (SSSR count). The lowest BCUT2D eigenvalue weighted by Crippen LogP contribution is -2.33. The summed E-state index contributed by atoms with van der Waals surface area (Å²) in [4.78, 5) is 6.36. The number of rotatable bonds is 6. The van der Waals surface area contributed by atoms with E-state index in [4.69, 9.17) is 4.74 Å². The first kappa shape index (κ1) is 14.2. The Bertz CT molecular complexity index is 408. The lowest BCUT2D eigenvalue weighted by Gasteiger charge is -2.26. The molecule has 1 aliphatic heterocycles. The van der Waals surface area contributed by atoms with Gasteiger partial charge in [-0.15, -0.1) is 0 Å². The van der Waals surface area contributed by atoms with Crippen molar-refractivity contribution in [2.45, 2.75) is 32.4 Å². The van der Waals surface area contributed by atoms with Gasteiger partial charge in [0.2, 0.25) is 0 Å². The van der Waals surface area contributed by atoms with Crippen LogP contribution in [0, 0.1) is 5.82 Å². The van der Waals surface area contributed by atoms with Crippen molar-refractivity contribution in [1.82, 2.24) is 10.3 Å². The van der Waals surface area contributed by atoms with Crippen LogP contribution in [0.3, 0.4) is 0 Å². The zero-order valence-corrected chi connectivity index (χ0v) is 11.7. The van der Waals surface area contributed by atoms with Gasteiger partial charge in [0, 0.05) is 25.8 Å². The third kappa shape index (κ3) is 3.64. The number of pyridine rings is 1. The summed E-state index contributed by atoms with van der Waals surface area (Å²) in [5.74, 6) is 0.564. The first-order chi connectivity index (χ1) is 9.22. The number of nitrogens with zero attached hydrogens (tertiary/aromatic N) is 2. The van der Waals surface area contributed by atoms with E-state index in [0.717, 1.165) is 44.0 Å². The topological polar surface area (TPSA) is 37.4 Å². The van der Waals surface area contributed by atoms with Gasteiger partial charge in [0.1, 0.15) is 11.6 Å². The third-order valence-corrected chi connectivity index (χ3v) is 3.44. The largest absolute Gasteiger partial charge is 0.379 e. The molecule has 0 bridgehead atoms. The molecule has 4 nitrogen and oxygen atoms in total. The molecule has 2 heterocycles. The highest BCUT2D eigenvalue weighted by molar-refractivity contribution is 5.47. The van der Waals surface area contributed by atoms with Crippen LogP contribution in [-0.4, -0.2) is 37.8 Å². The Labute approximate surface area is 114 Å². The quantitative estimate of drug-likeness (QED) is 0.799. The first-order valence-electron chi connectivity index (χ1n) is 6.88. The molecule has 0 spiro atoms. The van der Waals surface area contributed by atoms with Gasteiger partial charge in [-0.3, -0.25) is 0 Å². The molecule has 1 fully saturated rings. The molecule has 1 aromatic heterocycles. The van der Waals surface area contributed by atoms with Crippen LogP contribution in [0.1, 0.15) is 25.3 Å². The molecular formula is C14H22FN3O. The van der Waals surface area contributed by atoms with Crippen LogP contribution in [0.2, 0.25) is 0 Å². The second-order valence-corrected chi connectivity index (χ2v) is 4.94. The molecule has 5 heteroatoms. The zero-order chi connectivity index (χ0) is 13.7. The molecule has 0 radical (unpaired) electrons. The summed E-state index contributed by atoms with van der Waals surface area (Å²) in [5, 5.41) is 3.30. The highest BCUT2D eigenvalue weighted by atomic mass is 19.1. The minimum absolute atomic E-state index is 0.284. The van der Waals surface area contributed by atoms with Gasteiger partial charge < -0.3 is 15.0 Å². The molecular weight excluding hydrogens is 245 g/mol. The van der Waals surface area contributed by atoms with Gasteiger partial charge in [0.05, 0.1) is 18.8 Å². The smallest absolute Gasteiger partial charge is 0.141 e. The zero-order valence-electron chi connectivity index (χ0n) is 11.7. The Morgan fingerprint density at radius 1 is 1.58 bits per heavy atom. The summed E-state index contributed by atoms with van der Waals surface area (Å²) in [5.41, 5.74) is 0.905. The number of hydrogen-bond donors (Lipinski definition) is 1. The standard InChI is InChI=1S/C14H22FN3O/c1-3-5-16-8-11-7-12(15)9-17-14(11)18(2)13-4-6-19-10-13/h7,9,13,16H,3-6,8,10H2,1-2H3. The number of halogens is 1. The molecule has 1 atom stereocenters. The monoisotopic (exact) mass is 267 g/mol. The molecule has 1 aliphatic rings. The molecule has 0 aromatic carbocycles. The molecule has 19 heavy (non-hydrogen) atoms. The van der Waals surface area contributed by atoms with Crippen molar-refractivity contribution < 1.29 is 9.13 Å². The van der Waals surface area contributed by atoms with Crippen molar-refractivity contribution in [3.8, 4) is 0 Å². The highest BCUT2D eigenvalue weighted by Crippen LogP contribution is 2.22. The van der Waals surface area contributed by atoms with Gasteiger partial charge >= 0.3 is 0 Å². The normalized spacial score (nSPS) is 18.8. The lowest BCUT2D eigenvalue weighted by molar-refractivity contribution is 0.193. The molecule has 1 aromatic rings. The van der Waals surface area contributed by atoms with Gasteiger partial charge in [0.15, 0.2) is 0 Å². The SMILES string of the molecule is CCCNCc1cc(F)cnc1N(C)C1CCOC1. The van der Waals surface area contributed by atoms with E-state index in [-0.39, 0.29) is 5.82 Å². The summed E-state index contributed by atoms with van der Waals surface area (Å²) < 4.78 is 18.8. The third-order valence-electron chi connectivity index (χ3n) is 3.44. The molecule has 0 saturated carbocycles. The first-order valence-corrected chi connectivity index (χ1v) is 6.88. The maximum absolute atomic E-state index is 13.4. The van der Waals surface area contributed by atoms with E-state index in [2.05, 4.69) is 22.1 Å². The fourth-order valence-corrected chi connectivity index (χ4v) is 2.32. The second kappa shape index (κ2) is 6.82. The summed E-state index contributed by atoms with van der Waals surface area (Å²) in [6, 6.07) is 1.90. The molecule has 1 N–H and O–H groups in total. The predicted molar refractivity (Wildman–Crippen MR) is 73.8 cm³/mol. The fraction of sp³-hybridized carbons (Fsp3) is 0.643. The Balaban J connectivity index is 2.12. The van der Waals surface area contributed by atoms with E-state index < -0.39 is 0 Å². The van der Waals surface area contributed by atoms with Gasteiger partial charge in [-0.25, -0.2) is 9.37 Å². The predicted octanol–water partition coefficient (Wildman–Crippen LogP) is 1.95. The van der Waals surface area contributed by atoms with Crippen molar-refractivity contribution in [2.24, 2.45) is 0 Å². The molecule has 0 amide bonds. The van der Waals surface area contributed by atoms with Gasteiger partial charge in [-0.2, -0.15) is 0 Å². The van der Waals surface area contributed by atoms with Crippen molar-refractivity contribution in [2.75, 3.05) is 31.7 Å². The van der Waals surface area contributed by atoms with E-state index in [0.29, 0.717) is 12.6 Å². The van der Waals surface area contributed by atoms with Crippen LogP contribution in [0.5, 0.6) is 0 Å². The van der Waals surface area contributed by atoms with Crippen LogP contribution >= 0.6 is 0 Å².